The van der Waals surface area contributed by atoms with Crippen molar-refractivity contribution in [1.82, 2.24) is 14.6 Å². The molecule has 0 aliphatic heterocycles. The summed E-state index contributed by atoms with van der Waals surface area (Å²) in [6.07, 6.45) is 4.75. The summed E-state index contributed by atoms with van der Waals surface area (Å²) in [6.45, 7) is 3.08. The first-order chi connectivity index (χ1) is 6.40. The molecular weight excluding hydrogens is 164 g/mol. The zero-order chi connectivity index (χ0) is 9.10. The van der Waals surface area contributed by atoms with Gasteiger partial charge in [-0.05, 0) is 12.5 Å². The predicted octanol–water partition coefficient (Wildman–Crippen LogP) is 1.55. The smallest absolute Gasteiger partial charge is 0.157 e. The normalized spacial score (nSPS) is 10.5. The van der Waals surface area contributed by atoms with E-state index in [9.17, 15) is 0 Å². The van der Waals surface area contributed by atoms with E-state index >= 15 is 0 Å². The van der Waals surface area contributed by atoms with Gasteiger partial charge in [0.05, 0.1) is 6.20 Å². The molecule has 2 aromatic heterocycles. The first-order valence-electron chi connectivity index (χ1n) is 4.44. The summed E-state index contributed by atoms with van der Waals surface area (Å²) in [5, 5.41) is 7.29. The molecule has 0 atom stereocenters. The number of nitrogens with zero attached hydrogens (tertiary/aromatic N) is 3. The van der Waals surface area contributed by atoms with Gasteiger partial charge in [-0.1, -0.05) is 6.92 Å². The van der Waals surface area contributed by atoms with Crippen LogP contribution < -0.4 is 5.32 Å². The first-order valence-corrected chi connectivity index (χ1v) is 4.44. The number of aromatic nitrogens is 3. The van der Waals surface area contributed by atoms with Gasteiger partial charge < -0.3 is 5.32 Å². The van der Waals surface area contributed by atoms with E-state index in [1.807, 2.05) is 18.3 Å². The second kappa shape index (κ2) is 3.43. The van der Waals surface area contributed by atoms with E-state index in [0.717, 1.165) is 24.4 Å². The molecule has 0 saturated carbocycles. The molecule has 0 bridgehead atoms. The number of hydrogen-bond acceptors (Lipinski definition) is 3. The topological polar surface area (TPSA) is 42.2 Å². The van der Waals surface area contributed by atoms with Gasteiger partial charge in [0.1, 0.15) is 5.82 Å². The minimum Gasteiger partial charge on any atom is -0.370 e. The van der Waals surface area contributed by atoms with Crippen molar-refractivity contribution in [3.63, 3.8) is 0 Å². The van der Waals surface area contributed by atoms with Crippen molar-refractivity contribution in [3.05, 3.63) is 24.5 Å². The first kappa shape index (κ1) is 8.04. The van der Waals surface area contributed by atoms with E-state index < -0.39 is 0 Å². The Hall–Kier alpha value is -1.58. The standard InChI is InChI=1S/C9H12N4/c1-2-5-10-8-4-7-13-9(12-8)3-6-11-13/h3-4,6-7H,2,5H2,1H3,(H,10,12). The third-order valence-electron chi connectivity index (χ3n) is 1.81. The molecule has 0 unspecified atom stereocenters. The predicted molar refractivity (Wildman–Crippen MR) is 51.8 cm³/mol. The number of fused-ring (bicyclic) bond motifs is 1. The molecule has 1 N–H and O–H groups in total. The lowest BCUT2D eigenvalue weighted by atomic mass is 10.4. The van der Waals surface area contributed by atoms with Crippen molar-refractivity contribution < 1.29 is 0 Å². The molecule has 4 heteroatoms. The largest absolute Gasteiger partial charge is 0.370 e. The summed E-state index contributed by atoms with van der Waals surface area (Å²) in [4.78, 5) is 4.36. The summed E-state index contributed by atoms with van der Waals surface area (Å²) in [5.41, 5.74) is 0.876. The Morgan fingerprint density at radius 1 is 1.46 bits per heavy atom. The molecule has 0 aliphatic carbocycles. The fourth-order valence-corrected chi connectivity index (χ4v) is 1.16. The van der Waals surface area contributed by atoms with E-state index in [1.54, 1.807) is 10.7 Å². The van der Waals surface area contributed by atoms with Crippen LogP contribution >= 0.6 is 0 Å². The van der Waals surface area contributed by atoms with Crippen molar-refractivity contribution in [3.8, 4) is 0 Å². The van der Waals surface area contributed by atoms with Crippen LogP contribution in [0.15, 0.2) is 24.5 Å². The fraction of sp³-hybridized carbons (Fsp3) is 0.333. The summed E-state index contributed by atoms with van der Waals surface area (Å²) in [5.74, 6) is 0.912. The van der Waals surface area contributed by atoms with E-state index in [-0.39, 0.29) is 0 Å². The van der Waals surface area contributed by atoms with Crippen molar-refractivity contribution in [1.29, 1.82) is 0 Å². The van der Waals surface area contributed by atoms with Gasteiger partial charge in [0.25, 0.3) is 0 Å². The average molecular weight is 176 g/mol. The third-order valence-corrected chi connectivity index (χ3v) is 1.81. The molecule has 0 aromatic carbocycles. The highest BCUT2D eigenvalue weighted by Gasteiger charge is 1.96. The Labute approximate surface area is 76.6 Å². The Kier molecular flexibility index (Phi) is 2.12. The maximum absolute atomic E-state index is 4.36. The molecule has 13 heavy (non-hydrogen) atoms. The second-order valence-electron chi connectivity index (χ2n) is 2.87. The van der Waals surface area contributed by atoms with Crippen LogP contribution in [0, 0.1) is 0 Å². The highest BCUT2D eigenvalue weighted by atomic mass is 15.2. The van der Waals surface area contributed by atoms with Crippen LogP contribution in [-0.2, 0) is 0 Å². The Morgan fingerprint density at radius 2 is 2.38 bits per heavy atom. The van der Waals surface area contributed by atoms with Crippen LogP contribution in [0.25, 0.3) is 5.65 Å². The maximum atomic E-state index is 4.36. The average Bonchev–Trinajstić information content (AvgIpc) is 2.61. The van der Waals surface area contributed by atoms with E-state index in [0.29, 0.717) is 0 Å². The monoisotopic (exact) mass is 176 g/mol. The molecule has 68 valence electrons. The SMILES string of the molecule is CCCNc1ccn2nccc2n1. The molecule has 0 saturated heterocycles. The fourth-order valence-electron chi connectivity index (χ4n) is 1.16. The second-order valence-corrected chi connectivity index (χ2v) is 2.87. The minimum atomic E-state index is 0.876. The highest BCUT2D eigenvalue weighted by molar-refractivity contribution is 5.45. The van der Waals surface area contributed by atoms with E-state index in [1.165, 1.54) is 0 Å². The molecule has 2 aromatic rings. The Bertz CT molecular complexity index is 393. The van der Waals surface area contributed by atoms with Gasteiger partial charge in [-0.2, -0.15) is 5.10 Å². The lowest BCUT2D eigenvalue weighted by Crippen LogP contribution is -2.02. The van der Waals surface area contributed by atoms with Crippen LogP contribution in [0.2, 0.25) is 0 Å². The number of hydrogen-bond donors (Lipinski definition) is 1. The van der Waals surface area contributed by atoms with Gasteiger partial charge in [-0.15, -0.1) is 0 Å². The van der Waals surface area contributed by atoms with Crippen molar-refractivity contribution in [2.75, 3.05) is 11.9 Å². The molecule has 0 aliphatic rings. The number of anilines is 1. The van der Waals surface area contributed by atoms with Gasteiger partial charge >= 0.3 is 0 Å². The lowest BCUT2D eigenvalue weighted by molar-refractivity contribution is 0.927. The Morgan fingerprint density at radius 3 is 3.23 bits per heavy atom. The third kappa shape index (κ3) is 1.61. The molecule has 0 spiro atoms. The van der Waals surface area contributed by atoms with Crippen LogP contribution in [0.5, 0.6) is 0 Å². The zero-order valence-electron chi connectivity index (χ0n) is 7.57. The highest BCUT2D eigenvalue weighted by Crippen LogP contribution is 2.05. The Balaban J connectivity index is 2.26. The van der Waals surface area contributed by atoms with Crippen molar-refractivity contribution in [2.24, 2.45) is 0 Å². The van der Waals surface area contributed by atoms with Gasteiger partial charge in [-0.25, -0.2) is 9.50 Å². The lowest BCUT2D eigenvalue weighted by Gasteiger charge is -2.02. The van der Waals surface area contributed by atoms with Crippen molar-refractivity contribution in [2.45, 2.75) is 13.3 Å². The van der Waals surface area contributed by atoms with E-state index in [4.69, 9.17) is 0 Å². The summed E-state index contributed by atoms with van der Waals surface area (Å²) >= 11 is 0. The molecular formula is C9H12N4. The van der Waals surface area contributed by atoms with Gasteiger partial charge in [0.15, 0.2) is 5.65 Å². The van der Waals surface area contributed by atoms with Gasteiger partial charge in [0.2, 0.25) is 0 Å². The van der Waals surface area contributed by atoms with Crippen LogP contribution in [0.3, 0.4) is 0 Å². The molecule has 0 radical (unpaired) electrons. The molecule has 0 amide bonds. The number of rotatable bonds is 3. The van der Waals surface area contributed by atoms with Crippen LogP contribution in [0.1, 0.15) is 13.3 Å². The van der Waals surface area contributed by atoms with Crippen LogP contribution in [0.4, 0.5) is 5.82 Å². The summed E-state index contributed by atoms with van der Waals surface area (Å²) < 4.78 is 1.75. The van der Waals surface area contributed by atoms with Crippen molar-refractivity contribution >= 4 is 11.5 Å². The zero-order valence-corrected chi connectivity index (χ0v) is 7.57. The number of nitrogens with one attached hydrogen (secondary N) is 1. The molecule has 2 heterocycles. The summed E-state index contributed by atoms with van der Waals surface area (Å²) in [6, 6.07) is 3.81. The van der Waals surface area contributed by atoms with E-state index in [2.05, 4.69) is 22.3 Å². The molecule has 4 nitrogen and oxygen atoms in total. The molecule has 0 fully saturated rings. The minimum absolute atomic E-state index is 0.876. The van der Waals surface area contributed by atoms with Gasteiger partial charge in [-0.3, -0.25) is 0 Å². The summed E-state index contributed by atoms with van der Waals surface area (Å²) in [7, 11) is 0. The molecule has 2 rings (SSSR count). The van der Waals surface area contributed by atoms with Gasteiger partial charge in [0, 0.05) is 18.8 Å². The van der Waals surface area contributed by atoms with Crippen LogP contribution in [-0.4, -0.2) is 21.1 Å². The quantitative estimate of drug-likeness (QED) is 0.771. The maximum Gasteiger partial charge on any atom is 0.157 e.